The van der Waals surface area contributed by atoms with Crippen LogP contribution in [0, 0.1) is 12.7 Å². The Hall–Kier alpha value is -1.42. The van der Waals surface area contributed by atoms with E-state index in [4.69, 9.17) is 0 Å². The highest BCUT2D eigenvalue weighted by molar-refractivity contribution is 5.81. The Morgan fingerprint density at radius 2 is 2.10 bits per heavy atom. The lowest BCUT2D eigenvalue weighted by Gasteiger charge is -2.21. The van der Waals surface area contributed by atoms with Crippen LogP contribution in [0.3, 0.4) is 0 Å². The van der Waals surface area contributed by atoms with Gasteiger partial charge in [-0.05, 0) is 62.9 Å². The summed E-state index contributed by atoms with van der Waals surface area (Å²) in [5.74, 6) is -0.00452. The molecule has 0 saturated carbocycles. The Balaban J connectivity index is 1.78. The fraction of sp³-hybridized carbons (Fsp3) is 0.562. The van der Waals surface area contributed by atoms with Crippen molar-refractivity contribution in [2.24, 2.45) is 0 Å². The van der Waals surface area contributed by atoms with E-state index >= 15 is 0 Å². The van der Waals surface area contributed by atoms with Crippen molar-refractivity contribution in [3.63, 3.8) is 0 Å². The summed E-state index contributed by atoms with van der Waals surface area (Å²) in [5, 5.41) is 3.26. The molecule has 1 aromatic rings. The fourth-order valence-electron chi connectivity index (χ4n) is 2.66. The lowest BCUT2D eigenvalue weighted by Crippen LogP contribution is -2.44. The van der Waals surface area contributed by atoms with Crippen molar-refractivity contribution in [2.75, 3.05) is 19.6 Å². The largest absolute Gasteiger partial charge is 0.341 e. The number of aryl methyl sites for hydroxylation is 1. The zero-order chi connectivity index (χ0) is 14.5. The van der Waals surface area contributed by atoms with Crippen molar-refractivity contribution in [1.29, 1.82) is 0 Å². The summed E-state index contributed by atoms with van der Waals surface area (Å²) >= 11 is 0. The van der Waals surface area contributed by atoms with Gasteiger partial charge in [-0.2, -0.15) is 0 Å². The number of nitrogens with one attached hydrogen (secondary N) is 1. The lowest BCUT2D eigenvalue weighted by molar-refractivity contribution is -0.131. The predicted molar refractivity (Wildman–Crippen MR) is 78.1 cm³/mol. The molecule has 110 valence electrons. The molecule has 0 aliphatic carbocycles. The van der Waals surface area contributed by atoms with Crippen LogP contribution in [0.1, 0.15) is 30.9 Å². The minimum absolute atomic E-state index is 0.145. The second-order valence-corrected chi connectivity index (χ2v) is 5.53. The van der Waals surface area contributed by atoms with Gasteiger partial charge in [0.25, 0.3) is 0 Å². The summed E-state index contributed by atoms with van der Waals surface area (Å²) in [5.41, 5.74) is 2.09. The third kappa shape index (κ3) is 3.79. The molecule has 1 unspecified atom stereocenters. The molecule has 1 aliphatic rings. The number of halogens is 1. The van der Waals surface area contributed by atoms with E-state index in [9.17, 15) is 9.18 Å². The van der Waals surface area contributed by atoms with Crippen molar-refractivity contribution in [3.05, 3.63) is 35.1 Å². The van der Waals surface area contributed by atoms with Crippen molar-refractivity contribution >= 4 is 5.91 Å². The molecule has 2 rings (SSSR count). The first-order chi connectivity index (χ1) is 9.58. The van der Waals surface area contributed by atoms with Gasteiger partial charge in [0.1, 0.15) is 5.82 Å². The summed E-state index contributed by atoms with van der Waals surface area (Å²) in [6.07, 6.45) is 3.05. The van der Waals surface area contributed by atoms with Gasteiger partial charge in [-0.3, -0.25) is 4.79 Å². The molecule has 4 heteroatoms. The van der Waals surface area contributed by atoms with Crippen molar-refractivity contribution in [2.45, 2.75) is 39.2 Å². The molecule has 1 aromatic carbocycles. The Morgan fingerprint density at radius 1 is 1.40 bits per heavy atom. The van der Waals surface area contributed by atoms with Gasteiger partial charge in [-0.1, -0.05) is 6.07 Å². The van der Waals surface area contributed by atoms with E-state index in [0.29, 0.717) is 0 Å². The maximum atomic E-state index is 13.0. The molecule has 1 fully saturated rings. The van der Waals surface area contributed by atoms with Gasteiger partial charge in [-0.15, -0.1) is 0 Å². The quantitative estimate of drug-likeness (QED) is 0.896. The highest BCUT2D eigenvalue weighted by Crippen LogP contribution is 2.11. The molecule has 0 aromatic heterocycles. The zero-order valence-corrected chi connectivity index (χ0v) is 12.3. The lowest BCUT2D eigenvalue weighted by atomic mass is 10.1. The van der Waals surface area contributed by atoms with Crippen LogP contribution in [0.5, 0.6) is 0 Å². The van der Waals surface area contributed by atoms with E-state index in [0.717, 1.165) is 50.0 Å². The number of hydrogen-bond donors (Lipinski definition) is 1. The monoisotopic (exact) mass is 278 g/mol. The van der Waals surface area contributed by atoms with Crippen LogP contribution in [-0.2, 0) is 11.2 Å². The molecule has 1 heterocycles. The third-order valence-corrected chi connectivity index (χ3v) is 3.94. The molecule has 3 nitrogen and oxygen atoms in total. The first-order valence-electron chi connectivity index (χ1n) is 7.35. The third-order valence-electron chi connectivity index (χ3n) is 3.94. The summed E-state index contributed by atoms with van der Waals surface area (Å²) in [4.78, 5) is 14.0. The maximum Gasteiger partial charge on any atom is 0.239 e. The van der Waals surface area contributed by atoms with Crippen LogP contribution in [-0.4, -0.2) is 36.5 Å². The number of likely N-dealkylation sites (tertiary alicyclic amines) is 1. The molecule has 20 heavy (non-hydrogen) atoms. The summed E-state index contributed by atoms with van der Waals surface area (Å²) in [6, 6.07) is 4.71. The molecule has 1 atom stereocenters. The summed E-state index contributed by atoms with van der Waals surface area (Å²) in [7, 11) is 0. The van der Waals surface area contributed by atoms with Crippen molar-refractivity contribution in [1.82, 2.24) is 10.2 Å². The number of carbonyl (C=O) groups is 1. The van der Waals surface area contributed by atoms with Gasteiger partial charge in [0.2, 0.25) is 5.91 Å². The Morgan fingerprint density at radius 3 is 2.75 bits per heavy atom. The van der Waals surface area contributed by atoms with Crippen LogP contribution < -0.4 is 5.32 Å². The minimum Gasteiger partial charge on any atom is -0.341 e. The number of amides is 1. The van der Waals surface area contributed by atoms with Gasteiger partial charge in [0.05, 0.1) is 6.04 Å². The van der Waals surface area contributed by atoms with Crippen LogP contribution in [0.25, 0.3) is 0 Å². The topological polar surface area (TPSA) is 32.3 Å². The maximum absolute atomic E-state index is 13.0. The predicted octanol–water partition coefficient (Wildman–Crippen LogP) is 2.28. The van der Waals surface area contributed by atoms with Gasteiger partial charge in [-0.25, -0.2) is 4.39 Å². The van der Waals surface area contributed by atoms with Gasteiger partial charge in [0, 0.05) is 13.1 Å². The summed E-state index contributed by atoms with van der Waals surface area (Å²) < 4.78 is 13.0. The van der Waals surface area contributed by atoms with E-state index in [1.54, 1.807) is 6.07 Å². The molecule has 1 amide bonds. The SMILES string of the molecule is Cc1cc(F)ccc1CCNC(C)C(=O)N1CCCC1. The average Bonchev–Trinajstić information content (AvgIpc) is 2.94. The number of carbonyl (C=O) groups excluding carboxylic acids is 1. The highest BCUT2D eigenvalue weighted by Gasteiger charge is 2.22. The first-order valence-corrected chi connectivity index (χ1v) is 7.35. The van der Waals surface area contributed by atoms with Crippen LogP contribution in [0.4, 0.5) is 4.39 Å². The molecule has 1 N–H and O–H groups in total. The van der Waals surface area contributed by atoms with E-state index in [-0.39, 0.29) is 17.8 Å². The Kier molecular flexibility index (Phi) is 5.12. The standard InChI is InChI=1S/C16H23FN2O/c1-12-11-15(17)6-5-14(12)7-8-18-13(2)16(20)19-9-3-4-10-19/h5-6,11,13,18H,3-4,7-10H2,1-2H3. The number of nitrogens with zero attached hydrogens (tertiary/aromatic N) is 1. The number of hydrogen-bond acceptors (Lipinski definition) is 2. The zero-order valence-electron chi connectivity index (χ0n) is 12.3. The van der Waals surface area contributed by atoms with E-state index in [1.165, 1.54) is 6.07 Å². The Bertz CT molecular complexity index is 470. The molecular formula is C16H23FN2O. The summed E-state index contributed by atoms with van der Waals surface area (Å²) in [6.45, 7) is 6.34. The van der Waals surface area contributed by atoms with Gasteiger partial charge in [0.15, 0.2) is 0 Å². The second kappa shape index (κ2) is 6.84. The molecule has 0 spiro atoms. The molecule has 0 radical (unpaired) electrons. The number of benzene rings is 1. The van der Waals surface area contributed by atoms with Crippen molar-refractivity contribution < 1.29 is 9.18 Å². The van der Waals surface area contributed by atoms with E-state index in [2.05, 4.69) is 5.32 Å². The molecular weight excluding hydrogens is 255 g/mol. The molecule has 1 saturated heterocycles. The molecule has 0 bridgehead atoms. The van der Waals surface area contributed by atoms with Gasteiger partial charge < -0.3 is 10.2 Å². The van der Waals surface area contributed by atoms with E-state index < -0.39 is 0 Å². The van der Waals surface area contributed by atoms with E-state index in [1.807, 2.05) is 24.8 Å². The number of rotatable bonds is 5. The first kappa shape index (κ1) is 15.0. The smallest absolute Gasteiger partial charge is 0.239 e. The molecule has 1 aliphatic heterocycles. The normalized spacial score (nSPS) is 16.4. The fourth-order valence-corrected chi connectivity index (χ4v) is 2.66. The van der Waals surface area contributed by atoms with Gasteiger partial charge >= 0.3 is 0 Å². The van der Waals surface area contributed by atoms with Crippen LogP contribution in [0.15, 0.2) is 18.2 Å². The van der Waals surface area contributed by atoms with Crippen molar-refractivity contribution in [3.8, 4) is 0 Å². The second-order valence-electron chi connectivity index (χ2n) is 5.53. The van der Waals surface area contributed by atoms with Crippen LogP contribution >= 0.6 is 0 Å². The van der Waals surface area contributed by atoms with Crippen LogP contribution in [0.2, 0.25) is 0 Å². The minimum atomic E-state index is -0.197. The average molecular weight is 278 g/mol. The highest BCUT2D eigenvalue weighted by atomic mass is 19.1. The Labute approximate surface area is 120 Å².